The molecule has 0 spiro atoms. The van der Waals surface area contributed by atoms with Crippen molar-refractivity contribution in [2.75, 3.05) is 0 Å². The summed E-state index contributed by atoms with van der Waals surface area (Å²) in [6.07, 6.45) is 3.50. The van der Waals surface area contributed by atoms with Crippen LogP contribution in [0.2, 0.25) is 0 Å². The van der Waals surface area contributed by atoms with Gasteiger partial charge >= 0.3 is 0 Å². The van der Waals surface area contributed by atoms with Gasteiger partial charge in [-0.2, -0.15) is 0 Å². The van der Waals surface area contributed by atoms with Crippen molar-refractivity contribution >= 4 is 0 Å². The highest BCUT2D eigenvalue weighted by Crippen LogP contribution is 2.34. The molecule has 3 rings (SSSR count). The normalized spacial score (nSPS) is 10.9. The lowest BCUT2D eigenvalue weighted by atomic mass is 9.98. The number of hydrogen-bond donors (Lipinski definition) is 1. The van der Waals surface area contributed by atoms with Gasteiger partial charge in [-0.05, 0) is 43.7 Å². The second-order valence-corrected chi connectivity index (χ2v) is 5.29. The van der Waals surface area contributed by atoms with Crippen LogP contribution in [0.1, 0.15) is 13.8 Å². The predicted molar refractivity (Wildman–Crippen MR) is 85.2 cm³/mol. The van der Waals surface area contributed by atoms with Crippen molar-refractivity contribution in [2.24, 2.45) is 0 Å². The Hall–Kier alpha value is -2.62. The number of aromatic amines is 1. The summed E-state index contributed by atoms with van der Waals surface area (Å²) >= 11 is 0. The first-order valence-electron chi connectivity index (χ1n) is 7.20. The highest BCUT2D eigenvalue weighted by atomic mass is 19.1. The topological polar surface area (TPSA) is 37.9 Å². The third-order valence-electron chi connectivity index (χ3n) is 3.28. The van der Waals surface area contributed by atoms with Gasteiger partial charge in [0.25, 0.3) is 0 Å². The first kappa shape index (κ1) is 14.3. The Morgan fingerprint density at radius 3 is 2.55 bits per heavy atom. The SMILES string of the molecule is CC(C)Oc1ccc(-c2ccccc2F)c(-c2ncc[nH]2)c1. The molecule has 22 heavy (non-hydrogen) atoms. The number of rotatable bonds is 4. The molecule has 0 aliphatic rings. The maximum Gasteiger partial charge on any atom is 0.138 e. The molecular formula is C18H17FN2O. The summed E-state index contributed by atoms with van der Waals surface area (Å²) in [6.45, 7) is 3.94. The summed E-state index contributed by atoms with van der Waals surface area (Å²) in [7, 11) is 0. The molecule has 3 aromatic rings. The summed E-state index contributed by atoms with van der Waals surface area (Å²) < 4.78 is 19.9. The second-order valence-electron chi connectivity index (χ2n) is 5.29. The standard InChI is InChI=1S/C18H17FN2O/c1-12(2)22-13-7-8-14(15-5-3-4-6-17(15)19)16(11-13)18-20-9-10-21-18/h3-12H,1-2H3,(H,20,21). The highest BCUT2D eigenvalue weighted by Gasteiger charge is 2.14. The summed E-state index contributed by atoms with van der Waals surface area (Å²) in [6, 6.07) is 12.3. The molecule has 4 heteroatoms. The summed E-state index contributed by atoms with van der Waals surface area (Å²) in [5, 5.41) is 0. The molecule has 3 nitrogen and oxygen atoms in total. The van der Waals surface area contributed by atoms with E-state index in [0.29, 0.717) is 11.4 Å². The fourth-order valence-corrected chi connectivity index (χ4v) is 2.39. The maximum atomic E-state index is 14.1. The van der Waals surface area contributed by atoms with Crippen molar-refractivity contribution in [1.82, 2.24) is 9.97 Å². The molecule has 0 fully saturated rings. The Labute approximate surface area is 128 Å². The van der Waals surface area contributed by atoms with Crippen LogP contribution in [0.25, 0.3) is 22.5 Å². The highest BCUT2D eigenvalue weighted by molar-refractivity contribution is 5.81. The van der Waals surface area contributed by atoms with Crippen LogP contribution in [-0.2, 0) is 0 Å². The van der Waals surface area contributed by atoms with Gasteiger partial charge in [0.1, 0.15) is 17.4 Å². The van der Waals surface area contributed by atoms with Gasteiger partial charge in [0.05, 0.1) is 6.10 Å². The molecule has 0 aliphatic carbocycles. The summed E-state index contributed by atoms with van der Waals surface area (Å²) in [4.78, 5) is 7.36. The minimum absolute atomic E-state index is 0.0729. The van der Waals surface area contributed by atoms with Gasteiger partial charge in [-0.3, -0.25) is 0 Å². The van der Waals surface area contributed by atoms with E-state index in [1.54, 1.807) is 24.5 Å². The molecule has 112 valence electrons. The molecule has 1 aromatic heterocycles. The van der Waals surface area contributed by atoms with Crippen molar-refractivity contribution in [3.8, 4) is 28.3 Å². The lowest BCUT2D eigenvalue weighted by Crippen LogP contribution is -2.05. The Morgan fingerprint density at radius 1 is 1.05 bits per heavy atom. The zero-order valence-corrected chi connectivity index (χ0v) is 12.5. The number of benzene rings is 2. The fourth-order valence-electron chi connectivity index (χ4n) is 2.39. The molecule has 0 bridgehead atoms. The zero-order chi connectivity index (χ0) is 15.5. The van der Waals surface area contributed by atoms with E-state index >= 15 is 0 Å². The number of imidazole rings is 1. The molecule has 0 aliphatic heterocycles. The number of hydrogen-bond acceptors (Lipinski definition) is 2. The molecule has 1 heterocycles. The quantitative estimate of drug-likeness (QED) is 0.759. The van der Waals surface area contributed by atoms with Gasteiger partial charge in [-0.1, -0.05) is 18.2 Å². The van der Waals surface area contributed by atoms with E-state index in [4.69, 9.17) is 4.74 Å². The van der Waals surface area contributed by atoms with Crippen LogP contribution in [0.4, 0.5) is 4.39 Å². The van der Waals surface area contributed by atoms with Crippen molar-refractivity contribution < 1.29 is 9.13 Å². The van der Waals surface area contributed by atoms with Crippen LogP contribution >= 0.6 is 0 Å². The number of ether oxygens (including phenoxy) is 1. The van der Waals surface area contributed by atoms with Gasteiger partial charge in [-0.25, -0.2) is 9.37 Å². The maximum absolute atomic E-state index is 14.1. The third kappa shape index (κ3) is 2.86. The van der Waals surface area contributed by atoms with Gasteiger partial charge in [-0.15, -0.1) is 0 Å². The van der Waals surface area contributed by atoms with Gasteiger partial charge in [0.15, 0.2) is 0 Å². The number of nitrogens with zero attached hydrogens (tertiary/aromatic N) is 1. The van der Waals surface area contributed by atoms with E-state index in [-0.39, 0.29) is 11.9 Å². The average Bonchev–Trinajstić information content (AvgIpc) is 3.01. The minimum Gasteiger partial charge on any atom is -0.491 e. The molecule has 0 amide bonds. The monoisotopic (exact) mass is 296 g/mol. The first-order chi connectivity index (χ1) is 10.6. The molecule has 2 aromatic carbocycles. The van der Waals surface area contributed by atoms with Crippen molar-refractivity contribution in [2.45, 2.75) is 20.0 Å². The molecule has 1 N–H and O–H groups in total. The number of nitrogens with one attached hydrogen (secondary N) is 1. The molecule has 0 atom stereocenters. The van der Waals surface area contributed by atoms with Crippen LogP contribution in [0.5, 0.6) is 5.75 Å². The van der Waals surface area contributed by atoms with Crippen LogP contribution in [0.3, 0.4) is 0 Å². The van der Waals surface area contributed by atoms with Crippen molar-refractivity contribution in [3.63, 3.8) is 0 Å². The van der Waals surface area contributed by atoms with E-state index < -0.39 is 0 Å². The lowest BCUT2D eigenvalue weighted by Gasteiger charge is -2.14. The number of halogens is 1. The van der Waals surface area contributed by atoms with Crippen LogP contribution in [0, 0.1) is 5.82 Å². The van der Waals surface area contributed by atoms with Crippen molar-refractivity contribution in [1.29, 1.82) is 0 Å². The predicted octanol–water partition coefficient (Wildman–Crippen LogP) is 4.67. The van der Waals surface area contributed by atoms with Crippen LogP contribution < -0.4 is 4.74 Å². The van der Waals surface area contributed by atoms with E-state index in [1.807, 2.05) is 38.1 Å². The largest absolute Gasteiger partial charge is 0.491 e. The van der Waals surface area contributed by atoms with Crippen LogP contribution in [0.15, 0.2) is 54.9 Å². The van der Waals surface area contributed by atoms with E-state index in [0.717, 1.165) is 16.9 Å². The first-order valence-corrected chi connectivity index (χ1v) is 7.20. The average molecular weight is 296 g/mol. The molecule has 0 saturated carbocycles. The Balaban J connectivity index is 2.16. The molecule has 0 saturated heterocycles. The lowest BCUT2D eigenvalue weighted by molar-refractivity contribution is 0.242. The van der Waals surface area contributed by atoms with Gasteiger partial charge < -0.3 is 9.72 Å². The second kappa shape index (κ2) is 6.02. The molecular weight excluding hydrogens is 279 g/mol. The Morgan fingerprint density at radius 2 is 1.86 bits per heavy atom. The number of aromatic nitrogens is 2. The van der Waals surface area contributed by atoms with Crippen molar-refractivity contribution in [3.05, 3.63) is 60.7 Å². The Kier molecular flexibility index (Phi) is 3.92. The van der Waals surface area contributed by atoms with Gasteiger partial charge in [0.2, 0.25) is 0 Å². The summed E-state index contributed by atoms with van der Waals surface area (Å²) in [5.41, 5.74) is 2.14. The minimum atomic E-state index is -0.257. The molecule has 0 radical (unpaired) electrons. The van der Waals surface area contributed by atoms with Gasteiger partial charge in [0, 0.05) is 23.5 Å². The smallest absolute Gasteiger partial charge is 0.138 e. The Bertz CT molecular complexity index is 767. The van der Waals surface area contributed by atoms with E-state index in [1.165, 1.54) is 6.07 Å². The van der Waals surface area contributed by atoms with E-state index in [9.17, 15) is 4.39 Å². The zero-order valence-electron chi connectivity index (χ0n) is 12.5. The molecule has 0 unspecified atom stereocenters. The van der Waals surface area contributed by atoms with E-state index in [2.05, 4.69) is 9.97 Å². The number of H-pyrrole nitrogens is 1. The third-order valence-corrected chi connectivity index (χ3v) is 3.28. The summed E-state index contributed by atoms with van der Waals surface area (Å²) in [5.74, 6) is 1.17. The fraction of sp³-hybridized carbons (Fsp3) is 0.167. The van der Waals surface area contributed by atoms with Crippen LogP contribution in [-0.4, -0.2) is 16.1 Å².